The highest BCUT2D eigenvalue weighted by Crippen LogP contribution is 2.38. The molecule has 1 saturated heterocycles. The van der Waals surface area contributed by atoms with Crippen molar-refractivity contribution in [2.75, 3.05) is 53.6 Å². The summed E-state index contributed by atoms with van der Waals surface area (Å²) in [7, 11) is 3.16. The van der Waals surface area contributed by atoms with Crippen LogP contribution in [0.3, 0.4) is 0 Å². The minimum atomic E-state index is -0.233. The van der Waals surface area contributed by atoms with Crippen LogP contribution in [0.1, 0.15) is 12.0 Å². The van der Waals surface area contributed by atoms with E-state index in [4.69, 9.17) is 14.2 Å². The number of ether oxygens (including phenoxy) is 3. The van der Waals surface area contributed by atoms with Crippen molar-refractivity contribution in [2.24, 2.45) is 11.8 Å². The predicted molar refractivity (Wildman–Crippen MR) is 103 cm³/mol. The molecule has 2 unspecified atom stereocenters. The van der Waals surface area contributed by atoms with E-state index in [9.17, 15) is 9.59 Å². The largest absolute Gasteiger partial charge is 0.493 e. The zero-order chi connectivity index (χ0) is 19.9. The summed E-state index contributed by atoms with van der Waals surface area (Å²) in [5.41, 5.74) is 0.915. The van der Waals surface area contributed by atoms with E-state index in [0.29, 0.717) is 31.0 Å². The number of methoxy groups -OCH3 is 2. The van der Waals surface area contributed by atoms with E-state index >= 15 is 0 Å². The van der Waals surface area contributed by atoms with Crippen molar-refractivity contribution >= 4 is 11.8 Å². The van der Waals surface area contributed by atoms with E-state index in [0.717, 1.165) is 38.4 Å². The van der Waals surface area contributed by atoms with Crippen molar-refractivity contribution in [3.63, 3.8) is 0 Å². The first-order valence-electron chi connectivity index (χ1n) is 9.68. The summed E-state index contributed by atoms with van der Waals surface area (Å²) in [6.07, 6.45) is 0.612. The molecule has 8 heteroatoms. The lowest BCUT2D eigenvalue weighted by molar-refractivity contribution is -0.127. The molecule has 28 heavy (non-hydrogen) atoms. The van der Waals surface area contributed by atoms with Gasteiger partial charge in [0.1, 0.15) is 0 Å². The first kappa shape index (κ1) is 20.4. The van der Waals surface area contributed by atoms with Gasteiger partial charge >= 0.3 is 0 Å². The fourth-order valence-electron chi connectivity index (χ4n) is 3.38. The lowest BCUT2D eigenvalue weighted by atomic mass is 10.2. The number of rotatable bonds is 9. The molecule has 1 aromatic rings. The number of benzene rings is 1. The molecule has 2 aliphatic rings. The molecule has 2 atom stereocenters. The lowest BCUT2D eigenvalue weighted by Gasteiger charge is -2.26. The number of hydrogen-bond donors (Lipinski definition) is 2. The molecule has 3 rings (SSSR count). The van der Waals surface area contributed by atoms with Crippen LogP contribution >= 0.6 is 0 Å². The predicted octanol–water partition coefficient (Wildman–Crippen LogP) is 0.405. The third kappa shape index (κ3) is 5.36. The van der Waals surface area contributed by atoms with Gasteiger partial charge in [0, 0.05) is 32.7 Å². The molecule has 0 bridgehead atoms. The highest BCUT2D eigenvalue weighted by atomic mass is 16.5. The van der Waals surface area contributed by atoms with Crippen molar-refractivity contribution in [1.82, 2.24) is 15.5 Å². The number of carbonyl (C=O) groups is 2. The van der Waals surface area contributed by atoms with Gasteiger partial charge in [-0.15, -0.1) is 0 Å². The normalized spacial score (nSPS) is 21.6. The molecule has 154 valence electrons. The van der Waals surface area contributed by atoms with Gasteiger partial charge in [-0.05, 0) is 24.1 Å². The number of morpholine rings is 1. The number of carbonyl (C=O) groups excluding carboxylic acids is 2. The Kier molecular flexibility index (Phi) is 7.11. The second-order valence-electron chi connectivity index (χ2n) is 7.10. The zero-order valence-electron chi connectivity index (χ0n) is 16.5. The molecular weight excluding hydrogens is 362 g/mol. The summed E-state index contributed by atoms with van der Waals surface area (Å²) in [6, 6.07) is 5.52. The van der Waals surface area contributed by atoms with Crippen LogP contribution in [0.25, 0.3) is 0 Å². The Balaban J connectivity index is 1.37. The molecule has 0 radical (unpaired) electrons. The second kappa shape index (κ2) is 9.75. The van der Waals surface area contributed by atoms with Crippen LogP contribution < -0.4 is 20.1 Å². The second-order valence-corrected chi connectivity index (χ2v) is 7.10. The van der Waals surface area contributed by atoms with Gasteiger partial charge in [0.05, 0.1) is 39.3 Å². The Morgan fingerprint density at radius 2 is 1.75 bits per heavy atom. The minimum absolute atomic E-state index is 0.0282. The number of nitrogens with zero attached hydrogens (tertiary/aromatic N) is 1. The van der Waals surface area contributed by atoms with Crippen LogP contribution in [0.5, 0.6) is 11.5 Å². The SMILES string of the molecule is COc1ccc(CNC(=O)C2CC2C(=O)NCCN2CCOCC2)cc1OC. The molecule has 0 aromatic heterocycles. The average Bonchev–Trinajstić information content (AvgIpc) is 3.53. The van der Waals surface area contributed by atoms with Gasteiger partial charge in [-0.2, -0.15) is 0 Å². The first-order valence-corrected chi connectivity index (χ1v) is 9.68. The van der Waals surface area contributed by atoms with E-state index in [2.05, 4.69) is 15.5 Å². The Hall–Kier alpha value is -2.32. The maximum atomic E-state index is 12.3. The smallest absolute Gasteiger partial charge is 0.224 e. The van der Waals surface area contributed by atoms with Crippen LogP contribution in [0, 0.1) is 11.8 Å². The average molecular weight is 391 g/mol. The number of hydrogen-bond acceptors (Lipinski definition) is 6. The monoisotopic (exact) mass is 391 g/mol. The van der Waals surface area contributed by atoms with Gasteiger partial charge in [-0.3, -0.25) is 14.5 Å². The van der Waals surface area contributed by atoms with Crippen LogP contribution in [0.4, 0.5) is 0 Å². The molecule has 8 nitrogen and oxygen atoms in total. The Morgan fingerprint density at radius 3 is 2.43 bits per heavy atom. The maximum Gasteiger partial charge on any atom is 0.224 e. The summed E-state index contributed by atoms with van der Waals surface area (Å²) in [4.78, 5) is 26.8. The van der Waals surface area contributed by atoms with Gasteiger partial charge in [-0.1, -0.05) is 6.07 Å². The van der Waals surface area contributed by atoms with Crippen LogP contribution in [-0.2, 0) is 20.9 Å². The molecule has 2 N–H and O–H groups in total. The Morgan fingerprint density at radius 1 is 1.07 bits per heavy atom. The van der Waals surface area contributed by atoms with Crippen LogP contribution in [-0.4, -0.2) is 70.3 Å². The summed E-state index contributed by atoms with van der Waals surface area (Å²) >= 11 is 0. The summed E-state index contributed by atoms with van der Waals surface area (Å²) < 4.78 is 15.8. The molecule has 1 aliphatic carbocycles. The van der Waals surface area contributed by atoms with Gasteiger partial charge in [0.2, 0.25) is 11.8 Å². The highest BCUT2D eigenvalue weighted by Gasteiger charge is 2.47. The number of nitrogens with one attached hydrogen (secondary N) is 2. The quantitative estimate of drug-likeness (QED) is 0.634. The van der Waals surface area contributed by atoms with E-state index in [1.54, 1.807) is 14.2 Å². The summed E-state index contributed by atoms with van der Waals surface area (Å²) in [5.74, 6) is 0.716. The molecule has 1 saturated carbocycles. The third-order valence-corrected chi connectivity index (χ3v) is 5.21. The van der Waals surface area contributed by atoms with Gasteiger partial charge in [0.15, 0.2) is 11.5 Å². The molecule has 2 fully saturated rings. The van der Waals surface area contributed by atoms with Crippen molar-refractivity contribution in [1.29, 1.82) is 0 Å². The molecule has 2 amide bonds. The molecule has 1 heterocycles. The fraction of sp³-hybridized carbons (Fsp3) is 0.600. The van der Waals surface area contributed by atoms with Crippen molar-refractivity contribution in [3.05, 3.63) is 23.8 Å². The van der Waals surface area contributed by atoms with Gasteiger partial charge in [-0.25, -0.2) is 0 Å². The van der Waals surface area contributed by atoms with Gasteiger partial charge in [0.25, 0.3) is 0 Å². The first-order chi connectivity index (χ1) is 13.6. The molecular formula is C20H29N3O5. The molecule has 0 spiro atoms. The number of amides is 2. The Labute approximate surface area is 165 Å². The van der Waals surface area contributed by atoms with E-state index in [-0.39, 0.29) is 23.7 Å². The summed E-state index contributed by atoms with van der Waals surface area (Å²) in [6.45, 7) is 5.12. The molecule has 1 aliphatic heterocycles. The zero-order valence-corrected chi connectivity index (χ0v) is 16.5. The van der Waals surface area contributed by atoms with Crippen molar-refractivity contribution in [3.8, 4) is 11.5 Å². The van der Waals surface area contributed by atoms with E-state index < -0.39 is 0 Å². The van der Waals surface area contributed by atoms with Crippen LogP contribution in [0.2, 0.25) is 0 Å². The van der Waals surface area contributed by atoms with Crippen molar-refractivity contribution in [2.45, 2.75) is 13.0 Å². The summed E-state index contributed by atoms with van der Waals surface area (Å²) in [5, 5.41) is 5.85. The van der Waals surface area contributed by atoms with Crippen molar-refractivity contribution < 1.29 is 23.8 Å². The van der Waals surface area contributed by atoms with E-state index in [1.165, 1.54) is 0 Å². The van der Waals surface area contributed by atoms with E-state index in [1.807, 2.05) is 18.2 Å². The topological polar surface area (TPSA) is 89.1 Å². The lowest BCUT2D eigenvalue weighted by Crippen LogP contribution is -2.41. The maximum absolute atomic E-state index is 12.3. The highest BCUT2D eigenvalue weighted by molar-refractivity contribution is 5.92. The Bertz CT molecular complexity index is 690. The van der Waals surface area contributed by atoms with Crippen LogP contribution in [0.15, 0.2) is 18.2 Å². The fourth-order valence-corrected chi connectivity index (χ4v) is 3.38. The molecule has 1 aromatic carbocycles. The standard InChI is InChI=1S/C20H29N3O5/c1-26-17-4-3-14(11-18(17)27-2)13-22-20(25)16-12-15(16)19(24)21-5-6-23-7-9-28-10-8-23/h3-4,11,15-16H,5-10,12-13H2,1-2H3,(H,21,24)(H,22,25). The van der Waals surface area contributed by atoms with Gasteiger partial charge < -0.3 is 24.8 Å². The third-order valence-electron chi connectivity index (χ3n) is 5.21. The minimum Gasteiger partial charge on any atom is -0.493 e.